The van der Waals surface area contributed by atoms with Crippen LogP contribution in [0.2, 0.25) is 0 Å². The molecule has 0 spiro atoms. The maximum Gasteiger partial charge on any atom is 0.0620 e. The zero-order valence-corrected chi connectivity index (χ0v) is 26.6. The lowest BCUT2D eigenvalue weighted by atomic mass is 9.82. The van der Waals surface area contributed by atoms with Crippen molar-refractivity contribution in [1.82, 2.24) is 9.55 Å². The molecule has 8 aromatic carbocycles. The van der Waals surface area contributed by atoms with Crippen molar-refractivity contribution in [2.45, 2.75) is 0 Å². The Kier molecular flexibility index (Phi) is 5.42. The average Bonchev–Trinajstić information content (AvgIpc) is 3.69. The van der Waals surface area contributed by atoms with Gasteiger partial charge in [0, 0.05) is 39.3 Å². The average molecular weight is 621 g/mol. The van der Waals surface area contributed by atoms with Crippen molar-refractivity contribution in [3.05, 3.63) is 170 Å². The predicted molar refractivity (Wildman–Crippen MR) is 206 cm³/mol. The van der Waals surface area contributed by atoms with Crippen LogP contribution in [0.5, 0.6) is 0 Å². The summed E-state index contributed by atoms with van der Waals surface area (Å²) in [5.74, 6) is 0. The largest absolute Gasteiger partial charge is 0.308 e. The summed E-state index contributed by atoms with van der Waals surface area (Å²) >= 11 is 0. The first-order valence-corrected chi connectivity index (χ1v) is 16.9. The Morgan fingerprint density at radius 3 is 1.71 bits per heavy atom. The van der Waals surface area contributed by atoms with Gasteiger partial charge in [0.25, 0.3) is 0 Å². The Labute approximate surface area is 283 Å². The zero-order chi connectivity index (χ0) is 32.1. The molecule has 0 N–H and O–H groups in total. The monoisotopic (exact) mass is 620 g/mol. The first kappa shape index (κ1) is 26.5. The Bertz CT molecular complexity index is 2880. The first-order chi connectivity index (χ1) is 24.4. The van der Waals surface area contributed by atoms with Gasteiger partial charge in [-0.3, -0.25) is 4.98 Å². The van der Waals surface area contributed by atoms with E-state index in [9.17, 15) is 0 Å². The van der Waals surface area contributed by atoms with E-state index in [0.717, 1.165) is 5.39 Å². The second-order valence-corrected chi connectivity index (χ2v) is 13.0. The summed E-state index contributed by atoms with van der Waals surface area (Å²) in [4.78, 5) is 4.46. The molecular weight excluding hydrogens is 593 g/mol. The third-order valence-electron chi connectivity index (χ3n) is 10.6. The molecule has 226 valence electrons. The highest BCUT2D eigenvalue weighted by atomic mass is 15.0. The van der Waals surface area contributed by atoms with E-state index in [2.05, 4.69) is 167 Å². The Morgan fingerprint density at radius 1 is 0.388 bits per heavy atom. The third kappa shape index (κ3) is 3.58. The molecular formula is C47H28N2. The highest BCUT2D eigenvalue weighted by Crippen LogP contribution is 2.58. The fourth-order valence-corrected chi connectivity index (χ4v) is 8.67. The Hall–Kier alpha value is -6.51. The molecule has 1 aliphatic carbocycles. The molecule has 10 aromatic rings. The van der Waals surface area contributed by atoms with Crippen LogP contribution in [0, 0.1) is 0 Å². The number of benzene rings is 8. The molecule has 0 radical (unpaired) electrons. The van der Waals surface area contributed by atoms with Crippen molar-refractivity contribution in [2.24, 2.45) is 0 Å². The molecule has 0 fully saturated rings. The van der Waals surface area contributed by atoms with Gasteiger partial charge < -0.3 is 4.57 Å². The first-order valence-electron chi connectivity index (χ1n) is 16.9. The van der Waals surface area contributed by atoms with Crippen LogP contribution < -0.4 is 0 Å². The SMILES string of the molecule is c1ccc(-c2c3c(c(-c4ccccc4)c4ccccc24)-c2ccc(-n4c5ccccc5c5ccc6cnccc6c54)c4cccc-3c24)cc1. The van der Waals surface area contributed by atoms with Crippen molar-refractivity contribution >= 4 is 54.1 Å². The molecule has 1 aliphatic rings. The van der Waals surface area contributed by atoms with Crippen LogP contribution in [-0.2, 0) is 0 Å². The van der Waals surface area contributed by atoms with E-state index in [-0.39, 0.29) is 0 Å². The van der Waals surface area contributed by atoms with Gasteiger partial charge in [0.15, 0.2) is 0 Å². The molecule has 0 unspecified atom stereocenters. The van der Waals surface area contributed by atoms with Gasteiger partial charge in [-0.1, -0.05) is 140 Å². The van der Waals surface area contributed by atoms with Crippen molar-refractivity contribution in [2.75, 3.05) is 0 Å². The van der Waals surface area contributed by atoms with Gasteiger partial charge in [0.2, 0.25) is 0 Å². The number of fused-ring (bicyclic) bond motifs is 9. The van der Waals surface area contributed by atoms with Crippen molar-refractivity contribution in [3.63, 3.8) is 0 Å². The summed E-state index contributed by atoms with van der Waals surface area (Å²) in [6, 6.07) is 57.9. The van der Waals surface area contributed by atoms with E-state index in [4.69, 9.17) is 0 Å². The molecule has 2 aromatic heterocycles. The molecule has 11 rings (SSSR count). The number of hydrogen-bond donors (Lipinski definition) is 0. The van der Waals surface area contributed by atoms with Crippen LogP contribution in [-0.4, -0.2) is 9.55 Å². The zero-order valence-electron chi connectivity index (χ0n) is 26.6. The van der Waals surface area contributed by atoms with E-state index in [1.54, 1.807) is 0 Å². The molecule has 0 aliphatic heterocycles. The standard InChI is InChI=1S/C47H28N2/c1-3-12-29(13-4-1)42-34-17-7-8-18-35(34)43(30-14-5-2-6-15-30)46-39-24-25-41(37-19-11-20-38(44(37)39)45(42)46)49-40-21-10-9-16-33(40)36-23-22-31-28-48-27-26-32(31)47(36)49/h1-28H. The molecule has 2 nitrogen and oxygen atoms in total. The third-order valence-corrected chi connectivity index (χ3v) is 10.6. The number of hydrogen-bond acceptors (Lipinski definition) is 1. The van der Waals surface area contributed by atoms with Crippen LogP contribution in [0.1, 0.15) is 0 Å². The van der Waals surface area contributed by atoms with Gasteiger partial charge >= 0.3 is 0 Å². The summed E-state index contributed by atoms with van der Waals surface area (Å²) in [5, 5.41) is 9.98. The van der Waals surface area contributed by atoms with Gasteiger partial charge in [-0.2, -0.15) is 0 Å². The fraction of sp³-hybridized carbons (Fsp3) is 0. The van der Waals surface area contributed by atoms with Gasteiger partial charge in [0.1, 0.15) is 0 Å². The Balaban J connectivity index is 1.32. The molecule has 2 heteroatoms. The van der Waals surface area contributed by atoms with Gasteiger partial charge in [-0.15, -0.1) is 0 Å². The molecule has 0 saturated carbocycles. The van der Waals surface area contributed by atoms with Crippen LogP contribution in [0.4, 0.5) is 0 Å². The fourth-order valence-electron chi connectivity index (χ4n) is 8.67. The maximum absolute atomic E-state index is 4.46. The number of rotatable bonds is 3. The lowest BCUT2D eigenvalue weighted by Gasteiger charge is -2.20. The van der Waals surface area contributed by atoms with Crippen molar-refractivity contribution < 1.29 is 0 Å². The predicted octanol–water partition coefficient (Wildman–Crippen LogP) is 12.6. The molecule has 0 saturated heterocycles. The van der Waals surface area contributed by atoms with Crippen molar-refractivity contribution in [3.8, 4) is 50.2 Å². The van der Waals surface area contributed by atoms with Crippen LogP contribution >= 0.6 is 0 Å². The number of pyridine rings is 1. The van der Waals surface area contributed by atoms with E-state index in [1.807, 2.05) is 12.4 Å². The minimum Gasteiger partial charge on any atom is -0.308 e. The minimum absolute atomic E-state index is 1.14. The number of nitrogens with zero attached hydrogens (tertiary/aromatic N) is 2. The van der Waals surface area contributed by atoms with E-state index in [1.165, 1.54) is 98.9 Å². The lowest BCUT2D eigenvalue weighted by molar-refractivity contribution is 1.20. The smallest absolute Gasteiger partial charge is 0.0620 e. The van der Waals surface area contributed by atoms with E-state index < -0.39 is 0 Å². The van der Waals surface area contributed by atoms with Crippen LogP contribution in [0.3, 0.4) is 0 Å². The molecule has 2 heterocycles. The highest BCUT2D eigenvalue weighted by molar-refractivity contribution is 6.29. The summed E-state index contributed by atoms with van der Waals surface area (Å²) in [7, 11) is 0. The van der Waals surface area contributed by atoms with Crippen molar-refractivity contribution in [1.29, 1.82) is 0 Å². The number of aromatic nitrogens is 2. The summed E-state index contributed by atoms with van der Waals surface area (Å²) in [6.07, 6.45) is 3.89. The second kappa shape index (κ2) is 10.00. The van der Waals surface area contributed by atoms with Gasteiger partial charge in [-0.25, -0.2) is 0 Å². The summed E-state index contributed by atoms with van der Waals surface area (Å²) < 4.78 is 2.49. The summed E-state index contributed by atoms with van der Waals surface area (Å²) in [5.41, 5.74) is 13.9. The lowest BCUT2D eigenvalue weighted by Crippen LogP contribution is -1.96. The topological polar surface area (TPSA) is 17.8 Å². The maximum atomic E-state index is 4.46. The van der Waals surface area contributed by atoms with Gasteiger partial charge in [-0.05, 0) is 78.9 Å². The molecule has 0 bridgehead atoms. The number of para-hydroxylation sites is 1. The highest BCUT2D eigenvalue weighted by Gasteiger charge is 2.31. The molecule has 0 atom stereocenters. The second-order valence-electron chi connectivity index (χ2n) is 13.0. The summed E-state index contributed by atoms with van der Waals surface area (Å²) in [6.45, 7) is 0. The van der Waals surface area contributed by atoms with E-state index in [0.29, 0.717) is 0 Å². The Morgan fingerprint density at radius 2 is 1.00 bits per heavy atom. The van der Waals surface area contributed by atoms with Crippen LogP contribution in [0.25, 0.3) is 104 Å². The van der Waals surface area contributed by atoms with E-state index >= 15 is 0 Å². The normalized spacial score (nSPS) is 12.1. The quantitative estimate of drug-likeness (QED) is 0.192. The molecule has 49 heavy (non-hydrogen) atoms. The minimum atomic E-state index is 1.14. The van der Waals surface area contributed by atoms with Gasteiger partial charge in [0.05, 0.1) is 16.7 Å². The molecule has 0 amide bonds. The van der Waals surface area contributed by atoms with Crippen LogP contribution in [0.15, 0.2) is 170 Å².